The Morgan fingerprint density at radius 2 is 2.10 bits per heavy atom. The molecule has 0 aliphatic heterocycles. The number of thiocyanates is 1. The van der Waals surface area contributed by atoms with E-state index < -0.39 is 21.5 Å². The number of ether oxygens (including phenoxy) is 2. The summed E-state index contributed by atoms with van der Waals surface area (Å²) >= 11 is 1.07. The number of sulfone groups is 1. The molecule has 172 valence electrons. The van der Waals surface area contributed by atoms with Crippen molar-refractivity contribution in [3.05, 3.63) is 24.0 Å². The van der Waals surface area contributed by atoms with Gasteiger partial charge in [0.25, 0.3) is 0 Å². The van der Waals surface area contributed by atoms with Crippen LogP contribution in [-0.2, 0) is 19.3 Å². The van der Waals surface area contributed by atoms with Gasteiger partial charge >= 0.3 is 6.09 Å². The van der Waals surface area contributed by atoms with Gasteiger partial charge in [0.2, 0.25) is 0 Å². The average molecular weight is 470 g/mol. The number of rotatable bonds is 7. The molecule has 1 N–H and O–H groups in total. The summed E-state index contributed by atoms with van der Waals surface area (Å²) in [6.07, 6.45) is 5.02. The summed E-state index contributed by atoms with van der Waals surface area (Å²) in [7, 11) is -3.15. The van der Waals surface area contributed by atoms with Crippen LogP contribution in [0.3, 0.4) is 0 Å². The largest absolute Gasteiger partial charge is 0.444 e. The van der Waals surface area contributed by atoms with Gasteiger partial charge in [0.1, 0.15) is 20.8 Å². The first-order valence-electron chi connectivity index (χ1n) is 10.2. The van der Waals surface area contributed by atoms with Gasteiger partial charge in [0.15, 0.2) is 0 Å². The monoisotopic (exact) mass is 469 g/mol. The highest BCUT2D eigenvalue weighted by molar-refractivity contribution is 8.03. The SMILES string of the molecule is CC1CC(c2ccncc2SC#N)CC(NC(=O)OC(C)(C)C)C1OCCS(C)(=O)=O. The zero-order chi connectivity index (χ0) is 23.2. The van der Waals surface area contributed by atoms with Crippen molar-refractivity contribution in [2.75, 3.05) is 18.6 Å². The van der Waals surface area contributed by atoms with Gasteiger partial charge in [-0.25, -0.2) is 13.2 Å². The predicted molar refractivity (Wildman–Crippen MR) is 119 cm³/mol. The maximum atomic E-state index is 12.5. The predicted octanol–water partition coefficient (Wildman–Crippen LogP) is 3.49. The van der Waals surface area contributed by atoms with E-state index >= 15 is 0 Å². The summed E-state index contributed by atoms with van der Waals surface area (Å²) in [4.78, 5) is 17.4. The zero-order valence-electron chi connectivity index (χ0n) is 18.6. The van der Waals surface area contributed by atoms with Crippen LogP contribution >= 0.6 is 11.8 Å². The van der Waals surface area contributed by atoms with Crippen molar-refractivity contribution in [3.63, 3.8) is 0 Å². The fourth-order valence-electron chi connectivity index (χ4n) is 3.85. The summed E-state index contributed by atoms with van der Waals surface area (Å²) in [6.45, 7) is 7.47. The number of carbonyl (C=O) groups excluding carboxylic acids is 1. The topological polar surface area (TPSA) is 118 Å². The van der Waals surface area contributed by atoms with Gasteiger partial charge in [-0.05, 0) is 68.8 Å². The van der Waals surface area contributed by atoms with Crippen LogP contribution in [0.25, 0.3) is 0 Å². The van der Waals surface area contributed by atoms with E-state index in [9.17, 15) is 13.2 Å². The Bertz CT molecular complexity index is 908. The van der Waals surface area contributed by atoms with Gasteiger partial charge in [0, 0.05) is 23.5 Å². The molecule has 8 nitrogen and oxygen atoms in total. The molecule has 1 amide bonds. The standard InChI is InChI=1S/C21H31N3O5S2/c1-14-10-15(16-6-7-23-12-18(16)30-13-22)11-17(24-20(25)29-21(2,3)4)19(14)28-8-9-31(5,26)27/h6-7,12,14-15,17,19H,8-11H2,1-5H3,(H,24,25). The van der Waals surface area contributed by atoms with E-state index in [1.54, 1.807) is 33.2 Å². The Morgan fingerprint density at radius 3 is 2.71 bits per heavy atom. The minimum Gasteiger partial charge on any atom is -0.444 e. The van der Waals surface area contributed by atoms with Crippen molar-refractivity contribution < 1.29 is 22.7 Å². The van der Waals surface area contributed by atoms with Crippen LogP contribution in [0.2, 0.25) is 0 Å². The zero-order valence-corrected chi connectivity index (χ0v) is 20.3. The number of carbonyl (C=O) groups is 1. The van der Waals surface area contributed by atoms with Crippen LogP contribution in [-0.4, -0.2) is 55.9 Å². The van der Waals surface area contributed by atoms with Gasteiger partial charge in [-0.1, -0.05) is 6.92 Å². The Kier molecular flexibility index (Phi) is 8.74. The summed E-state index contributed by atoms with van der Waals surface area (Å²) in [6, 6.07) is 1.54. The first-order chi connectivity index (χ1) is 14.4. The van der Waals surface area contributed by atoms with Crippen molar-refractivity contribution >= 4 is 27.7 Å². The van der Waals surface area contributed by atoms with Gasteiger partial charge in [-0.2, -0.15) is 5.26 Å². The maximum absolute atomic E-state index is 12.5. The van der Waals surface area contributed by atoms with Gasteiger partial charge in [0.05, 0.1) is 24.5 Å². The number of aromatic nitrogens is 1. The third-order valence-corrected chi connectivity index (χ3v) is 6.59. The first kappa shape index (κ1) is 25.4. The molecule has 10 heteroatoms. The molecule has 1 aromatic rings. The minimum atomic E-state index is -3.15. The van der Waals surface area contributed by atoms with Crippen molar-refractivity contribution in [1.29, 1.82) is 5.26 Å². The van der Waals surface area contributed by atoms with Crippen molar-refractivity contribution in [3.8, 4) is 5.40 Å². The number of nitriles is 1. The van der Waals surface area contributed by atoms with E-state index in [4.69, 9.17) is 14.7 Å². The Labute approximate surface area is 189 Å². The number of hydrogen-bond acceptors (Lipinski definition) is 8. The van der Waals surface area contributed by atoms with Crippen molar-refractivity contribution in [2.24, 2.45) is 5.92 Å². The highest BCUT2D eigenvalue weighted by Gasteiger charge is 2.39. The third kappa shape index (κ3) is 8.31. The Balaban J connectivity index is 2.23. The van der Waals surface area contributed by atoms with E-state index in [0.717, 1.165) is 28.6 Å². The average Bonchev–Trinajstić information content (AvgIpc) is 2.62. The molecular weight excluding hydrogens is 438 g/mol. The fourth-order valence-corrected chi connectivity index (χ4v) is 4.81. The second-order valence-electron chi connectivity index (χ2n) is 8.97. The fraction of sp³-hybridized carbons (Fsp3) is 0.667. The van der Waals surface area contributed by atoms with Crippen LogP contribution in [0, 0.1) is 16.6 Å². The lowest BCUT2D eigenvalue weighted by molar-refractivity contribution is -0.0290. The van der Waals surface area contributed by atoms with E-state index in [2.05, 4.69) is 15.7 Å². The Hall–Kier alpha value is -1.83. The molecule has 1 aliphatic rings. The lowest BCUT2D eigenvalue weighted by Gasteiger charge is -2.41. The molecule has 4 atom stereocenters. The summed E-state index contributed by atoms with van der Waals surface area (Å²) in [5.74, 6) is 0.0569. The number of nitrogens with zero attached hydrogens (tertiary/aromatic N) is 2. The molecule has 1 fully saturated rings. The van der Waals surface area contributed by atoms with Gasteiger partial charge in [-0.3, -0.25) is 4.98 Å². The maximum Gasteiger partial charge on any atom is 0.407 e. The third-order valence-electron chi connectivity index (χ3n) is 5.03. The molecule has 1 saturated carbocycles. The molecule has 0 aromatic carbocycles. The number of hydrogen-bond donors (Lipinski definition) is 1. The van der Waals surface area contributed by atoms with Crippen LogP contribution < -0.4 is 5.32 Å². The van der Waals surface area contributed by atoms with E-state index in [-0.39, 0.29) is 36.3 Å². The van der Waals surface area contributed by atoms with Crippen molar-refractivity contribution in [2.45, 2.75) is 69.1 Å². The lowest BCUT2D eigenvalue weighted by atomic mass is 9.74. The molecule has 1 aliphatic carbocycles. The number of thioether (sulfide) groups is 1. The summed E-state index contributed by atoms with van der Waals surface area (Å²) in [5, 5.41) is 14.2. The summed E-state index contributed by atoms with van der Waals surface area (Å²) in [5.41, 5.74) is 0.372. The molecular formula is C21H31N3O5S2. The van der Waals surface area contributed by atoms with Gasteiger partial charge < -0.3 is 14.8 Å². The second kappa shape index (κ2) is 10.7. The normalized spacial score (nSPS) is 24.3. The molecule has 2 rings (SSSR count). The van der Waals surface area contributed by atoms with Crippen LogP contribution in [0.4, 0.5) is 4.79 Å². The smallest absolute Gasteiger partial charge is 0.407 e. The number of nitrogens with one attached hydrogen (secondary N) is 1. The Morgan fingerprint density at radius 1 is 1.39 bits per heavy atom. The molecule has 0 saturated heterocycles. The van der Waals surface area contributed by atoms with E-state index in [0.29, 0.717) is 6.42 Å². The van der Waals surface area contributed by atoms with Crippen LogP contribution in [0.1, 0.15) is 52.0 Å². The molecule has 1 heterocycles. The van der Waals surface area contributed by atoms with Gasteiger partial charge in [-0.15, -0.1) is 0 Å². The minimum absolute atomic E-state index is 0.0475. The van der Waals surface area contributed by atoms with Crippen LogP contribution in [0.5, 0.6) is 0 Å². The first-order valence-corrected chi connectivity index (χ1v) is 13.1. The van der Waals surface area contributed by atoms with E-state index in [1.165, 1.54) is 6.26 Å². The molecule has 1 aromatic heterocycles. The number of amides is 1. The quantitative estimate of drug-likeness (QED) is 0.476. The molecule has 0 radical (unpaired) electrons. The molecule has 0 spiro atoms. The van der Waals surface area contributed by atoms with Crippen molar-refractivity contribution in [1.82, 2.24) is 10.3 Å². The number of pyridine rings is 1. The van der Waals surface area contributed by atoms with Crippen LogP contribution in [0.15, 0.2) is 23.4 Å². The lowest BCUT2D eigenvalue weighted by Crippen LogP contribution is -2.52. The molecule has 0 bridgehead atoms. The van der Waals surface area contributed by atoms with E-state index in [1.807, 2.05) is 13.0 Å². The highest BCUT2D eigenvalue weighted by Crippen LogP contribution is 2.41. The highest BCUT2D eigenvalue weighted by atomic mass is 32.2. The molecule has 31 heavy (non-hydrogen) atoms. The molecule has 4 unspecified atom stereocenters. The summed E-state index contributed by atoms with van der Waals surface area (Å²) < 4.78 is 34.4. The second-order valence-corrected chi connectivity index (χ2v) is 12.1. The number of alkyl carbamates (subject to hydrolysis) is 1.